The average molecular weight is 278 g/mol. The van der Waals surface area contributed by atoms with Gasteiger partial charge in [0, 0.05) is 6.42 Å². The summed E-state index contributed by atoms with van der Waals surface area (Å²) < 4.78 is 5.54. The molecule has 0 saturated carbocycles. The molecular formula is C13H14N2O5. The van der Waals surface area contributed by atoms with Crippen LogP contribution in [0.4, 0.5) is 0 Å². The molecule has 0 spiro atoms. The van der Waals surface area contributed by atoms with Crippen LogP contribution in [0.2, 0.25) is 0 Å². The smallest absolute Gasteiger partial charge is 0.326 e. The van der Waals surface area contributed by atoms with Crippen molar-refractivity contribution in [3.63, 3.8) is 0 Å². The SMILES string of the molecule is O=c1[nH]c(=O)c2cc([C@H]3C[C@H](O)[C@@H](CO)O3)ccc2[nH]1. The molecule has 106 valence electrons. The molecule has 1 aliphatic heterocycles. The largest absolute Gasteiger partial charge is 0.394 e. The second-order valence-corrected chi connectivity index (χ2v) is 4.86. The molecule has 0 bridgehead atoms. The number of ether oxygens (including phenoxy) is 1. The zero-order chi connectivity index (χ0) is 14.3. The predicted molar refractivity (Wildman–Crippen MR) is 70.5 cm³/mol. The maximum atomic E-state index is 11.7. The third-order valence-corrected chi connectivity index (χ3v) is 3.54. The van der Waals surface area contributed by atoms with E-state index in [0.717, 1.165) is 5.56 Å². The fourth-order valence-corrected chi connectivity index (χ4v) is 2.49. The number of hydrogen-bond acceptors (Lipinski definition) is 5. The quantitative estimate of drug-likeness (QED) is 0.585. The summed E-state index contributed by atoms with van der Waals surface area (Å²) in [4.78, 5) is 27.6. The van der Waals surface area contributed by atoms with Gasteiger partial charge in [0.05, 0.1) is 29.7 Å². The van der Waals surface area contributed by atoms with E-state index >= 15 is 0 Å². The molecule has 3 rings (SSSR count). The molecule has 2 aromatic rings. The minimum atomic E-state index is -0.727. The van der Waals surface area contributed by atoms with Gasteiger partial charge in [-0.1, -0.05) is 6.07 Å². The van der Waals surface area contributed by atoms with Gasteiger partial charge < -0.3 is 19.9 Å². The number of rotatable bonds is 2. The Labute approximate surface area is 112 Å². The molecule has 1 aromatic heterocycles. The van der Waals surface area contributed by atoms with Crippen molar-refractivity contribution >= 4 is 10.9 Å². The van der Waals surface area contributed by atoms with E-state index in [1.807, 2.05) is 0 Å². The van der Waals surface area contributed by atoms with Gasteiger partial charge in [-0.2, -0.15) is 0 Å². The summed E-state index contributed by atoms with van der Waals surface area (Å²) in [6, 6.07) is 4.99. The highest BCUT2D eigenvalue weighted by Gasteiger charge is 2.34. The van der Waals surface area contributed by atoms with Crippen LogP contribution in [-0.2, 0) is 4.74 Å². The number of H-pyrrole nitrogens is 2. The van der Waals surface area contributed by atoms with E-state index in [-0.39, 0.29) is 12.7 Å². The van der Waals surface area contributed by atoms with E-state index in [2.05, 4.69) is 9.97 Å². The van der Waals surface area contributed by atoms with Gasteiger partial charge in [-0.05, 0) is 17.7 Å². The Bertz CT molecular complexity index is 750. The summed E-state index contributed by atoms with van der Waals surface area (Å²) in [5.41, 5.74) is 0.149. The molecule has 1 aromatic carbocycles. The lowest BCUT2D eigenvalue weighted by atomic mass is 10.0. The Morgan fingerprint density at radius 3 is 2.80 bits per heavy atom. The van der Waals surface area contributed by atoms with Crippen molar-refractivity contribution in [2.24, 2.45) is 0 Å². The first-order chi connectivity index (χ1) is 9.58. The lowest BCUT2D eigenvalue weighted by Crippen LogP contribution is -2.24. The first-order valence-corrected chi connectivity index (χ1v) is 6.29. The summed E-state index contributed by atoms with van der Waals surface area (Å²) in [5.74, 6) is 0. The van der Waals surface area contributed by atoms with E-state index in [9.17, 15) is 14.7 Å². The van der Waals surface area contributed by atoms with Crippen LogP contribution < -0.4 is 11.2 Å². The summed E-state index contributed by atoms with van der Waals surface area (Å²) in [6.07, 6.45) is -1.35. The van der Waals surface area contributed by atoms with Gasteiger partial charge in [-0.3, -0.25) is 9.78 Å². The van der Waals surface area contributed by atoms with Gasteiger partial charge in [0.1, 0.15) is 6.10 Å². The zero-order valence-corrected chi connectivity index (χ0v) is 10.5. The van der Waals surface area contributed by atoms with Crippen molar-refractivity contribution in [1.29, 1.82) is 0 Å². The fourth-order valence-electron chi connectivity index (χ4n) is 2.49. The molecule has 4 N–H and O–H groups in total. The number of hydrogen-bond donors (Lipinski definition) is 4. The van der Waals surface area contributed by atoms with Crippen LogP contribution in [0, 0.1) is 0 Å². The predicted octanol–water partition coefficient (Wildman–Crippen LogP) is -0.600. The lowest BCUT2D eigenvalue weighted by Gasteiger charge is -2.12. The number of aromatic nitrogens is 2. The summed E-state index contributed by atoms with van der Waals surface area (Å²) in [6.45, 7) is -0.251. The average Bonchev–Trinajstić information content (AvgIpc) is 2.79. The molecule has 0 amide bonds. The molecule has 20 heavy (non-hydrogen) atoms. The Morgan fingerprint density at radius 2 is 2.10 bits per heavy atom. The van der Waals surface area contributed by atoms with Crippen LogP contribution in [0.1, 0.15) is 18.1 Å². The Hall–Kier alpha value is -1.96. The Kier molecular flexibility index (Phi) is 3.17. The minimum absolute atomic E-state index is 0.251. The number of fused-ring (bicyclic) bond motifs is 1. The van der Waals surface area contributed by atoms with Crippen molar-refractivity contribution in [2.45, 2.75) is 24.7 Å². The van der Waals surface area contributed by atoms with Gasteiger partial charge >= 0.3 is 5.69 Å². The van der Waals surface area contributed by atoms with E-state index in [0.29, 0.717) is 17.3 Å². The van der Waals surface area contributed by atoms with Crippen molar-refractivity contribution in [1.82, 2.24) is 9.97 Å². The molecule has 0 aliphatic carbocycles. The van der Waals surface area contributed by atoms with Gasteiger partial charge in [0.25, 0.3) is 5.56 Å². The fraction of sp³-hybridized carbons (Fsp3) is 0.385. The second kappa shape index (κ2) is 4.86. The minimum Gasteiger partial charge on any atom is -0.394 e. The van der Waals surface area contributed by atoms with Crippen molar-refractivity contribution in [2.75, 3.05) is 6.61 Å². The summed E-state index contributed by atoms with van der Waals surface area (Å²) >= 11 is 0. The Balaban J connectivity index is 2.02. The molecule has 2 heterocycles. The van der Waals surface area contributed by atoms with E-state index in [1.54, 1.807) is 18.2 Å². The maximum Gasteiger partial charge on any atom is 0.326 e. The monoisotopic (exact) mass is 278 g/mol. The standard InChI is InChI=1S/C13H14N2O5/c16-5-11-9(17)4-10(20-11)6-1-2-8-7(3-6)12(18)15-13(19)14-8/h1-3,9-11,16-17H,4-5H2,(H2,14,15,18,19)/t9-,10+,11+/m0/s1. The van der Waals surface area contributed by atoms with Gasteiger partial charge in [0.15, 0.2) is 0 Å². The Morgan fingerprint density at radius 1 is 1.30 bits per heavy atom. The summed E-state index contributed by atoms with van der Waals surface area (Å²) in [7, 11) is 0. The third-order valence-electron chi connectivity index (χ3n) is 3.54. The molecule has 3 atom stereocenters. The number of aliphatic hydroxyl groups is 2. The van der Waals surface area contributed by atoms with Crippen LogP contribution in [0.25, 0.3) is 10.9 Å². The number of aromatic amines is 2. The molecule has 1 aliphatic rings. The zero-order valence-electron chi connectivity index (χ0n) is 10.5. The van der Waals surface area contributed by atoms with Gasteiger partial charge in [-0.25, -0.2) is 4.79 Å². The second-order valence-electron chi connectivity index (χ2n) is 4.86. The number of aliphatic hydroxyl groups excluding tert-OH is 2. The van der Waals surface area contributed by atoms with Gasteiger partial charge in [-0.15, -0.1) is 0 Å². The van der Waals surface area contributed by atoms with Crippen molar-refractivity contribution in [3.8, 4) is 0 Å². The van der Waals surface area contributed by atoms with Crippen LogP contribution in [0.15, 0.2) is 27.8 Å². The molecule has 0 unspecified atom stereocenters. The first kappa shape index (κ1) is 13.0. The van der Waals surface area contributed by atoms with E-state index in [4.69, 9.17) is 9.84 Å². The lowest BCUT2D eigenvalue weighted by molar-refractivity contribution is -0.0225. The molecule has 7 heteroatoms. The maximum absolute atomic E-state index is 11.7. The van der Waals surface area contributed by atoms with Crippen LogP contribution in [0.5, 0.6) is 0 Å². The highest BCUT2D eigenvalue weighted by Crippen LogP contribution is 2.33. The van der Waals surface area contributed by atoms with Crippen molar-refractivity contribution < 1.29 is 14.9 Å². The molecule has 7 nitrogen and oxygen atoms in total. The van der Waals surface area contributed by atoms with E-state index in [1.165, 1.54) is 0 Å². The number of benzene rings is 1. The molecule has 1 saturated heterocycles. The van der Waals surface area contributed by atoms with Gasteiger partial charge in [0.2, 0.25) is 0 Å². The topological polar surface area (TPSA) is 115 Å². The van der Waals surface area contributed by atoms with Crippen LogP contribution in [0.3, 0.4) is 0 Å². The van der Waals surface area contributed by atoms with E-state index < -0.39 is 23.5 Å². The van der Waals surface area contributed by atoms with Crippen LogP contribution in [-0.4, -0.2) is 39.0 Å². The van der Waals surface area contributed by atoms with Crippen LogP contribution >= 0.6 is 0 Å². The number of nitrogens with one attached hydrogen (secondary N) is 2. The van der Waals surface area contributed by atoms with Crippen molar-refractivity contribution in [3.05, 3.63) is 44.6 Å². The molecule has 0 radical (unpaired) electrons. The highest BCUT2D eigenvalue weighted by atomic mass is 16.5. The third kappa shape index (κ3) is 2.15. The first-order valence-electron chi connectivity index (χ1n) is 6.29. The highest BCUT2D eigenvalue weighted by molar-refractivity contribution is 5.77. The summed E-state index contributed by atoms with van der Waals surface area (Å²) in [5, 5.41) is 19.1. The molecule has 1 fully saturated rings. The molecular weight excluding hydrogens is 264 g/mol. The normalized spacial score (nSPS) is 26.2.